The molecule has 2 aliphatic heterocycles. The Labute approximate surface area is 257 Å². The largest absolute Gasteiger partial charge is 0.481 e. The highest BCUT2D eigenvalue weighted by atomic mass is 35.5. The molecule has 2 aromatic rings. The standard InChI is InChI=1S/C32H33ClF3N3O5/c33-23-3-1-2-22(31(10-11-31)32(34,35)36)25(23)28(41)39-24-14-20(27(40)38-13-12-30(15-38)16-44-17-30)8-9-21(24)26(37-39)18-4-6-19(7-5-18)29(42)43/h1-4,19-20H,5-17H2,(H,42,43)/t19-,20+/m0/s1. The summed E-state index contributed by atoms with van der Waals surface area (Å²) in [6.07, 6.45) is 0.356. The van der Waals surface area contributed by atoms with Gasteiger partial charge < -0.3 is 14.7 Å². The Morgan fingerprint density at radius 2 is 1.82 bits per heavy atom. The minimum atomic E-state index is -4.55. The Morgan fingerprint density at radius 1 is 1.07 bits per heavy atom. The van der Waals surface area contributed by atoms with Crippen molar-refractivity contribution in [2.24, 2.45) is 17.3 Å². The number of amides is 1. The van der Waals surface area contributed by atoms with E-state index in [9.17, 15) is 32.7 Å². The van der Waals surface area contributed by atoms with Crippen LogP contribution in [-0.2, 0) is 32.6 Å². The number of benzene rings is 1. The molecule has 1 spiro atoms. The lowest BCUT2D eigenvalue weighted by atomic mass is 9.82. The van der Waals surface area contributed by atoms with Crippen molar-refractivity contribution < 1.29 is 37.4 Å². The molecule has 0 bridgehead atoms. The fourth-order valence-corrected chi connectivity index (χ4v) is 7.86. The van der Waals surface area contributed by atoms with Gasteiger partial charge in [-0.2, -0.15) is 23.0 Å². The van der Waals surface area contributed by atoms with Gasteiger partial charge in [0.25, 0.3) is 5.91 Å². The SMILES string of the molecule is O=C(O)[C@H]1CC=C(c2nn(C(=O)c3c(Cl)cccc3C3(C(F)(F)F)CC3)c3c2CC[C@@H](C(=O)N2CCC4(COC4)C2)C3)CC1. The summed E-state index contributed by atoms with van der Waals surface area (Å²) in [6, 6.07) is 4.17. The highest BCUT2D eigenvalue weighted by molar-refractivity contribution is 6.34. The first-order valence-corrected chi connectivity index (χ1v) is 15.6. The van der Waals surface area contributed by atoms with Crippen LogP contribution in [0, 0.1) is 17.3 Å². The summed E-state index contributed by atoms with van der Waals surface area (Å²) in [6.45, 7) is 2.58. The van der Waals surface area contributed by atoms with Gasteiger partial charge in [-0.25, -0.2) is 0 Å². The minimum Gasteiger partial charge on any atom is -0.481 e. The number of halogens is 4. The van der Waals surface area contributed by atoms with Gasteiger partial charge >= 0.3 is 12.1 Å². The zero-order valence-electron chi connectivity index (χ0n) is 24.1. The average molecular weight is 632 g/mol. The molecule has 3 heterocycles. The summed E-state index contributed by atoms with van der Waals surface area (Å²) < 4.78 is 49.4. The number of hydrogen-bond acceptors (Lipinski definition) is 5. The lowest BCUT2D eigenvalue weighted by Gasteiger charge is -2.38. The van der Waals surface area contributed by atoms with Gasteiger partial charge in [-0.1, -0.05) is 29.8 Å². The molecule has 1 aromatic heterocycles. The third-order valence-electron chi connectivity index (χ3n) is 10.5. The van der Waals surface area contributed by atoms with E-state index in [0.29, 0.717) is 69.8 Å². The molecule has 1 N–H and O–H groups in total. The zero-order chi connectivity index (χ0) is 31.0. The number of fused-ring (bicyclic) bond motifs is 1. The lowest BCUT2D eigenvalue weighted by molar-refractivity contribution is -0.160. The summed E-state index contributed by atoms with van der Waals surface area (Å²) in [5, 5.41) is 14.1. The number of ether oxygens (including phenoxy) is 1. The molecule has 2 saturated heterocycles. The molecule has 12 heteroatoms. The fourth-order valence-electron chi connectivity index (χ4n) is 7.61. The third kappa shape index (κ3) is 4.69. The molecule has 5 aliphatic rings. The summed E-state index contributed by atoms with van der Waals surface area (Å²) in [5.41, 5.74) is 0.200. The number of carboxylic acids is 1. The van der Waals surface area contributed by atoms with E-state index >= 15 is 0 Å². The monoisotopic (exact) mass is 631 g/mol. The van der Waals surface area contributed by atoms with Crippen LogP contribution in [0.25, 0.3) is 5.57 Å². The lowest BCUT2D eigenvalue weighted by Crippen LogP contribution is -2.46. The van der Waals surface area contributed by atoms with Crippen molar-refractivity contribution in [2.75, 3.05) is 26.3 Å². The molecule has 44 heavy (non-hydrogen) atoms. The molecule has 3 aliphatic carbocycles. The molecule has 7 rings (SSSR count). The van der Waals surface area contributed by atoms with E-state index in [4.69, 9.17) is 21.4 Å². The molecule has 234 valence electrons. The van der Waals surface area contributed by atoms with E-state index in [1.54, 1.807) is 0 Å². The van der Waals surface area contributed by atoms with Crippen LogP contribution in [0.15, 0.2) is 24.3 Å². The van der Waals surface area contributed by atoms with Gasteiger partial charge in [0.15, 0.2) is 0 Å². The Bertz CT molecular complexity index is 1590. The second-order valence-electron chi connectivity index (χ2n) is 13.2. The normalized spacial score (nSPS) is 25.3. The number of alkyl halides is 3. The van der Waals surface area contributed by atoms with Crippen molar-refractivity contribution >= 4 is 35.0 Å². The molecule has 2 atom stereocenters. The van der Waals surface area contributed by atoms with Gasteiger partial charge in [-0.15, -0.1) is 0 Å². The van der Waals surface area contributed by atoms with Crippen LogP contribution in [0.4, 0.5) is 13.2 Å². The number of carbonyl (C=O) groups is 3. The molecular formula is C32H33ClF3N3O5. The number of carboxylic acid groups (broad SMARTS) is 1. The Kier molecular flexibility index (Phi) is 7.00. The van der Waals surface area contributed by atoms with Crippen LogP contribution in [0.5, 0.6) is 0 Å². The van der Waals surface area contributed by atoms with Crippen LogP contribution in [0.3, 0.4) is 0 Å². The van der Waals surface area contributed by atoms with E-state index < -0.39 is 35.3 Å². The Hall–Kier alpha value is -3.18. The van der Waals surface area contributed by atoms with Gasteiger partial charge in [0.2, 0.25) is 5.91 Å². The van der Waals surface area contributed by atoms with Crippen molar-refractivity contribution in [3.05, 3.63) is 57.4 Å². The van der Waals surface area contributed by atoms with E-state index in [0.717, 1.165) is 17.6 Å². The number of hydrogen-bond donors (Lipinski definition) is 1. The molecule has 8 nitrogen and oxygen atoms in total. The predicted molar refractivity (Wildman–Crippen MR) is 153 cm³/mol. The van der Waals surface area contributed by atoms with E-state index in [1.165, 1.54) is 22.9 Å². The highest BCUT2D eigenvalue weighted by Crippen LogP contribution is 2.60. The number of nitrogens with zero attached hydrogens (tertiary/aromatic N) is 3. The number of carbonyl (C=O) groups excluding carboxylic acids is 2. The first kappa shape index (κ1) is 29.5. The molecule has 1 saturated carbocycles. The quantitative estimate of drug-likeness (QED) is 0.472. The Balaban J connectivity index is 1.27. The maximum atomic E-state index is 14.3. The molecular weight excluding hydrogens is 599 g/mol. The van der Waals surface area contributed by atoms with Gasteiger partial charge in [-0.05, 0) is 68.6 Å². The number of aliphatic carboxylic acids is 1. The van der Waals surface area contributed by atoms with Crippen molar-refractivity contribution in [2.45, 2.75) is 69.4 Å². The molecule has 1 amide bonds. The first-order chi connectivity index (χ1) is 20.9. The topological polar surface area (TPSA) is 102 Å². The van der Waals surface area contributed by atoms with Crippen LogP contribution in [0.1, 0.15) is 77.8 Å². The summed E-state index contributed by atoms with van der Waals surface area (Å²) in [7, 11) is 0. The van der Waals surface area contributed by atoms with Crippen LogP contribution < -0.4 is 0 Å². The summed E-state index contributed by atoms with van der Waals surface area (Å²) >= 11 is 6.49. The third-order valence-corrected chi connectivity index (χ3v) is 10.8. The van der Waals surface area contributed by atoms with Gasteiger partial charge in [0.05, 0.1) is 46.5 Å². The average Bonchev–Trinajstić information content (AvgIpc) is 3.54. The number of likely N-dealkylation sites (tertiary alicyclic amines) is 1. The van der Waals surface area contributed by atoms with E-state index in [1.807, 2.05) is 11.0 Å². The van der Waals surface area contributed by atoms with Crippen molar-refractivity contribution in [3.63, 3.8) is 0 Å². The Morgan fingerprint density at radius 3 is 2.41 bits per heavy atom. The zero-order valence-corrected chi connectivity index (χ0v) is 24.8. The fraction of sp³-hybridized carbons (Fsp3) is 0.562. The van der Waals surface area contributed by atoms with Gasteiger partial charge in [-0.3, -0.25) is 14.4 Å². The van der Waals surface area contributed by atoms with Gasteiger partial charge in [0, 0.05) is 36.4 Å². The maximum Gasteiger partial charge on any atom is 0.398 e. The molecule has 0 radical (unpaired) electrons. The molecule has 3 fully saturated rings. The van der Waals surface area contributed by atoms with Crippen molar-refractivity contribution in [1.82, 2.24) is 14.7 Å². The second-order valence-corrected chi connectivity index (χ2v) is 13.6. The van der Waals surface area contributed by atoms with Crippen LogP contribution in [-0.4, -0.2) is 70.1 Å². The van der Waals surface area contributed by atoms with Crippen molar-refractivity contribution in [1.29, 1.82) is 0 Å². The number of allylic oxidation sites excluding steroid dienone is 2. The molecule has 0 unspecified atom stereocenters. The number of aromatic nitrogens is 2. The number of rotatable bonds is 5. The second kappa shape index (κ2) is 10.4. The highest BCUT2D eigenvalue weighted by Gasteiger charge is 2.65. The van der Waals surface area contributed by atoms with Crippen LogP contribution >= 0.6 is 11.6 Å². The predicted octanol–water partition coefficient (Wildman–Crippen LogP) is 5.44. The van der Waals surface area contributed by atoms with Crippen LogP contribution in [0.2, 0.25) is 5.02 Å². The van der Waals surface area contributed by atoms with E-state index in [-0.39, 0.29) is 46.7 Å². The van der Waals surface area contributed by atoms with Gasteiger partial charge in [0.1, 0.15) is 0 Å². The smallest absolute Gasteiger partial charge is 0.398 e. The molecule has 1 aromatic carbocycles. The van der Waals surface area contributed by atoms with Crippen molar-refractivity contribution in [3.8, 4) is 0 Å². The minimum absolute atomic E-state index is 0.00907. The van der Waals surface area contributed by atoms with E-state index in [2.05, 4.69) is 0 Å². The maximum absolute atomic E-state index is 14.3. The summed E-state index contributed by atoms with van der Waals surface area (Å²) in [4.78, 5) is 41.4. The summed E-state index contributed by atoms with van der Waals surface area (Å²) in [5.74, 6) is -2.51. The first-order valence-electron chi connectivity index (χ1n) is 15.2.